The van der Waals surface area contributed by atoms with Gasteiger partial charge in [-0.3, -0.25) is 0 Å². The zero-order valence-corrected chi connectivity index (χ0v) is 9.40. The van der Waals surface area contributed by atoms with Gasteiger partial charge in [-0.2, -0.15) is 0 Å². The molecule has 0 radical (unpaired) electrons. The maximum atomic E-state index is 3.53. The van der Waals surface area contributed by atoms with E-state index in [2.05, 4.69) is 61.7 Å². The molecule has 0 bridgehead atoms. The van der Waals surface area contributed by atoms with Crippen LogP contribution in [0.3, 0.4) is 0 Å². The number of benzene rings is 2. The van der Waals surface area contributed by atoms with Gasteiger partial charge in [0.15, 0.2) is 0 Å². The Balaban J connectivity index is 2.53. The van der Waals surface area contributed by atoms with Gasteiger partial charge >= 0.3 is 0 Å². The average Bonchev–Trinajstić information content (AvgIpc) is 2.30. The predicted octanol–water partition coefficient (Wildman–Crippen LogP) is 4.50. The zero-order chi connectivity index (χ0) is 11.4. The summed E-state index contributed by atoms with van der Waals surface area (Å²) in [4.78, 5) is 0. The Bertz CT molecular complexity index is 582. The molecule has 16 heavy (non-hydrogen) atoms. The molecule has 0 amide bonds. The molecule has 0 atom stereocenters. The largest absolute Gasteiger partial charge is 0.129 e. The minimum Gasteiger partial charge on any atom is -0.129 e. The minimum atomic E-state index is 1.24. The predicted molar refractivity (Wildman–Crippen MR) is 71.4 cm³/mol. The standard InChI is InChI=1S/C16H14/c1-3-4-5-8-14-12-16-10-7-6-9-15(16)11-13(14)2/h4-12H,1H2,2H3/b8-5-. The van der Waals surface area contributed by atoms with Gasteiger partial charge in [0.25, 0.3) is 0 Å². The van der Waals surface area contributed by atoms with Crippen LogP contribution >= 0.6 is 0 Å². The van der Waals surface area contributed by atoms with Crippen molar-refractivity contribution in [1.29, 1.82) is 0 Å². The van der Waals surface area contributed by atoms with Crippen molar-refractivity contribution in [2.45, 2.75) is 6.92 Å². The van der Waals surface area contributed by atoms with E-state index < -0.39 is 0 Å². The number of hydrogen-bond donors (Lipinski definition) is 0. The molecule has 0 nitrogen and oxygen atoms in total. The third-order valence-corrected chi connectivity index (χ3v) is 2.62. The van der Waals surface area contributed by atoms with Gasteiger partial charge in [0.1, 0.15) is 0 Å². The Morgan fingerprint density at radius 2 is 1.81 bits per heavy atom. The van der Waals surface area contributed by atoms with E-state index in [1.165, 1.54) is 21.9 Å². The minimum absolute atomic E-state index is 1.24. The van der Waals surface area contributed by atoms with Crippen LogP contribution in [0.1, 0.15) is 11.1 Å². The molecular formula is C16H14. The topological polar surface area (TPSA) is 0 Å². The molecule has 0 heterocycles. The number of aryl methyl sites for hydroxylation is 1. The second-order valence-corrected chi connectivity index (χ2v) is 3.79. The first-order valence-electron chi connectivity index (χ1n) is 5.33. The van der Waals surface area contributed by atoms with Crippen LogP contribution in [-0.4, -0.2) is 0 Å². The molecule has 0 aliphatic heterocycles. The molecule has 0 saturated carbocycles. The first-order valence-corrected chi connectivity index (χ1v) is 5.33. The highest BCUT2D eigenvalue weighted by atomic mass is 14.0. The lowest BCUT2D eigenvalue weighted by atomic mass is 10.0. The van der Waals surface area contributed by atoms with Crippen molar-refractivity contribution in [2.75, 3.05) is 0 Å². The van der Waals surface area contributed by atoms with E-state index in [4.69, 9.17) is 0 Å². The van der Waals surface area contributed by atoms with Crippen molar-refractivity contribution < 1.29 is 0 Å². The maximum Gasteiger partial charge on any atom is -0.0178 e. The van der Waals surface area contributed by atoms with Gasteiger partial charge < -0.3 is 0 Å². The molecule has 2 aromatic rings. The summed E-state index contributed by atoms with van der Waals surface area (Å²) in [6.45, 7) is 5.66. The molecule has 0 aliphatic rings. The molecule has 0 unspecified atom stereocenters. The van der Waals surface area contributed by atoms with Crippen molar-refractivity contribution in [1.82, 2.24) is 0 Å². The normalized spacial score (nSPS) is 10.6. The number of fused-ring (bicyclic) bond motifs is 1. The van der Waals surface area contributed by atoms with Crippen molar-refractivity contribution in [3.05, 3.63) is 72.0 Å². The molecule has 0 N–H and O–H groups in total. The number of hydrogen-bond acceptors (Lipinski definition) is 0. The summed E-state index contributed by atoms with van der Waals surface area (Å²) in [6.07, 6.45) is 5.86. The molecule has 0 saturated heterocycles. The lowest BCUT2D eigenvalue weighted by Gasteiger charge is -2.03. The number of allylic oxidation sites excluding steroid dienone is 2. The summed E-state index contributed by atoms with van der Waals surface area (Å²) in [5.41, 5.74) is 5.26. The zero-order valence-electron chi connectivity index (χ0n) is 9.40. The van der Waals surface area contributed by atoms with Gasteiger partial charge in [0, 0.05) is 0 Å². The first kappa shape index (κ1) is 10.5. The van der Waals surface area contributed by atoms with Crippen LogP contribution in [0.5, 0.6) is 0 Å². The molecule has 0 spiro atoms. The molecular weight excluding hydrogens is 192 g/mol. The maximum absolute atomic E-state index is 3.53. The van der Waals surface area contributed by atoms with E-state index >= 15 is 0 Å². The van der Waals surface area contributed by atoms with Crippen LogP contribution < -0.4 is 0 Å². The van der Waals surface area contributed by atoms with Gasteiger partial charge in [-0.05, 0) is 41.0 Å². The van der Waals surface area contributed by atoms with Crippen molar-refractivity contribution in [2.24, 2.45) is 0 Å². The van der Waals surface area contributed by atoms with Crippen molar-refractivity contribution >= 4 is 16.8 Å². The fourth-order valence-corrected chi connectivity index (χ4v) is 1.77. The quantitative estimate of drug-likeness (QED) is 0.501. The summed E-state index contributed by atoms with van der Waals surface area (Å²) in [5, 5.41) is 2.56. The lowest BCUT2D eigenvalue weighted by Crippen LogP contribution is -1.81. The van der Waals surface area contributed by atoms with Crippen LogP contribution in [-0.2, 0) is 0 Å². The van der Waals surface area contributed by atoms with Crippen LogP contribution in [0, 0.1) is 6.92 Å². The van der Waals surface area contributed by atoms with Crippen LogP contribution in [0.25, 0.3) is 16.8 Å². The molecule has 0 fully saturated rings. The van der Waals surface area contributed by atoms with Gasteiger partial charge in [-0.25, -0.2) is 0 Å². The molecule has 0 heteroatoms. The fraction of sp³-hybridized carbons (Fsp3) is 0.0625. The van der Waals surface area contributed by atoms with E-state index in [1.807, 2.05) is 12.2 Å². The highest BCUT2D eigenvalue weighted by Crippen LogP contribution is 2.20. The molecule has 0 aliphatic carbocycles. The van der Waals surface area contributed by atoms with E-state index in [-0.39, 0.29) is 0 Å². The van der Waals surface area contributed by atoms with Gasteiger partial charge in [-0.1, -0.05) is 49.1 Å². The van der Waals surface area contributed by atoms with E-state index in [0.29, 0.717) is 0 Å². The summed E-state index contributed by atoms with van der Waals surface area (Å²) >= 11 is 0. The third kappa shape index (κ3) is 2.13. The average molecular weight is 206 g/mol. The Hall–Kier alpha value is -2.04. The number of rotatable bonds is 2. The summed E-state index contributed by atoms with van der Waals surface area (Å²) in [6, 6.07) is 12.8. The highest BCUT2D eigenvalue weighted by molar-refractivity contribution is 5.86. The molecule has 78 valence electrons. The van der Waals surface area contributed by atoms with E-state index in [9.17, 15) is 0 Å². The van der Waals surface area contributed by atoms with Gasteiger partial charge in [0.2, 0.25) is 0 Å². The summed E-state index contributed by atoms with van der Waals surface area (Å²) < 4.78 is 0. The Morgan fingerprint density at radius 3 is 2.50 bits per heavy atom. The third-order valence-electron chi connectivity index (χ3n) is 2.62. The van der Waals surface area contributed by atoms with Crippen LogP contribution in [0.4, 0.5) is 0 Å². The Morgan fingerprint density at radius 1 is 1.12 bits per heavy atom. The summed E-state index contributed by atoms with van der Waals surface area (Å²) in [7, 11) is 0. The monoisotopic (exact) mass is 206 g/mol. The molecule has 2 rings (SSSR count). The fourth-order valence-electron chi connectivity index (χ4n) is 1.77. The second-order valence-electron chi connectivity index (χ2n) is 3.79. The molecule has 0 aromatic heterocycles. The van der Waals surface area contributed by atoms with Crippen LogP contribution in [0.15, 0.2) is 60.9 Å². The van der Waals surface area contributed by atoms with Crippen LogP contribution in [0.2, 0.25) is 0 Å². The second kappa shape index (κ2) is 4.65. The lowest BCUT2D eigenvalue weighted by molar-refractivity contribution is 1.47. The van der Waals surface area contributed by atoms with Crippen molar-refractivity contribution in [3.8, 4) is 0 Å². The smallest absolute Gasteiger partial charge is 0.0178 e. The SMILES string of the molecule is C=C=C/C=C\c1cc2ccccc2cc1C. The Labute approximate surface area is 96.2 Å². The first-order chi connectivity index (χ1) is 7.81. The van der Waals surface area contributed by atoms with E-state index in [1.54, 1.807) is 0 Å². The Kier molecular flexibility index (Phi) is 3.05. The van der Waals surface area contributed by atoms with Crippen molar-refractivity contribution in [3.63, 3.8) is 0 Å². The molecule has 2 aromatic carbocycles. The van der Waals surface area contributed by atoms with E-state index in [0.717, 1.165) is 0 Å². The van der Waals surface area contributed by atoms with Gasteiger partial charge in [-0.15, -0.1) is 5.73 Å². The summed E-state index contributed by atoms with van der Waals surface area (Å²) in [5.74, 6) is 0. The highest BCUT2D eigenvalue weighted by Gasteiger charge is 1.97. The van der Waals surface area contributed by atoms with Gasteiger partial charge in [0.05, 0.1) is 0 Å².